The summed E-state index contributed by atoms with van der Waals surface area (Å²) in [6, 6.07) is 10.6. The lowest BCUT2D eigenvalue weighted by molar-refractivity contribution is -0.139. The van der Waals surface area contributed by atoms with E-state index in [9.17, 15) is 18.4 Å². The minimum atomic E-state index is -2.89. The Morgan fingerprint density at radius 3 is 2.68 bits per heavy atom. The van der Waals surface area contributed by atoms with E-state index in [2.05, 4.69) is 9.72 Å². The van der Waals surface area contributed by atoms with Crippen molar-refractivity contribution in [1.29, 1.82) is 0 Å². The molecular formula is C20H16F2N2O4. The van der Waals surface area contributed by atoms with Crippen molar-refractivity contribution in [2.24, 2.45) is 0 Å². The standard InChI is InChI=1S/C20H16F2N2O4/c1-13-2-8-17-23-15(10-18(25)24(17)11-13)12-27-19(26)9-5-14-3-6-16(7-4-14)28-20(21)22/h2-11,20H,12H2,1H3/b9-5+. The summed E-state index contributed by atoms with van der Waals surface area (Å²) in [4.78, 5) is 28.3. The lowest BCUT2D eigenvalue weighted by Gasteiger charge is -2.05. The van der Waals surface area contributed by atoms with Crippen LogP contribution in [-0.2, 0) is 16.1 Å². The Labute approximate surface area is 158 Å². The number of hydrogen-bond acceptors (Lipinski definition) is 5. The Hall–Kier alpha value is -3.55. The largest absolute Gasteiger partial charge is 0.456 e. The van der Waals surface area contributed by atoms with Crippen molar-refractivity contribution in [3.05, 3.63) is 81.9 Å². The highest BCUT2D eigenvalue weighted by Gasteiger charge is 2.06. The number of ether oxygens (including phenoxy) is 2. The second-order valence-corrected chi connectivity index (χ2v) is 5.91. The van der Waals surface area contributed by atoms with Gasteiger partial charge in [-0.3, -0.25) is 9.20 Å². The zero-order valence-corrected chi connectivity index (χ0v) is 14.8. The number of fused-ring (bicyclic) bond motifs is 1. The van der Waals surface area contributed by atoms with E-state index in [1.807, 2.05) is 13.0 Å². The molecule has 2 aromatic heterocycles. The Morgan fingerprint density at radius 2 is 1.96 bits per heavy atom. The molecule has 6 nitrogen and oxygen atoms in total. The molecule has 28 heavy (non-hydrogen) atoms. The van der Waals surface area contributed by atoms with Gasteiger partial charge in [0.05, 0.1) is 5.69 Å². The summed E-state index contributed by atoms with van der Waals surface area (Å²) >= 11 is 0. The van der Waals surface area contributed by atoms with Gasteiger partial charge in [-0.15, -0.1) is 0 Å². The van der Waals surface area contributed by atoms with E-state index in [-0.39, 0.29) is 17.9 Å². The first-order valence-corrected chi connectivity index (χ1v) is 8.29. The van der Waals surface area contributed by atoms with Gasteiger partial charge in [0.1, 0.15) is 18.0 Å². The lowest BCUT2D eigenvalue weighted by atomic mass is 10.2. The van der Waals surface area contributed by atoms with Crippen molar-refractivity contribution in [2.45, 2.75) is 20.1 Å². The number of benzene rings is 1. The number of halogens is 2. The number of pyridine rings is 1. The van der Waals surface area contributed by atoms with Crippen molar-refractivity contribution in [2.75, 3.05) is 0 Å². The van der Waals surface area contributed by atoms with Crippen LogP contribution in [0.2, 0.25) is 0 Å². The van der Waals surface area contributed by atoms with E-state index in [0.717, 1.165) is 5.56 Å². The fraction of sp³-hybridized carbons (Fsp3) is 0.150. The number of alkyl halides is 2. The van der Waals surface area contributed by atoms with E-state index in [0.29, 0.717) is 16.9 Å². The third-order valence-corrected chi connectivity index (χ3v) is 3.74. The molecule has 0 fully saturated rings. The fourth-order valence-electron chi connectivity index (χ4n) is 2.45. The van der Waals surface area contributed by atoms with Gasteiger partial charge < -0.3 is 9.47 Å². The lowest BCUT2D eigenvalue weighted by Crippen LogP contribution is -2.16. The number of carbonyl (C=O) groups is 1. The molecular weight excluding hydrogens is 370 g/mol. The predicted molar refractivity (Wildman–Crippen MR) is 98.1 cm³/mol. The van der Waals surface area contributed by atoms with Gasteiger partial charge in [0.25, 0.3) is 5.56 Å². The van der Waals surface area contributed by atoms with E-state index >= 15 is 0 Å². The van der Waals surface area contributed by atoms with Gasteiger partial charge in [0.2, 0.25) is 0 Å². The molecule has 8 heteroatoms. The highest BCUT2D eigenvalue weighted by Crippen LogP contribution is 2.15. The maximum absolute atomic E-state index is 12.1. The molecule has 0 aliphatic carbocycles. The van der Waals surface area contributed by atoms with Crippen LogP contribution in [-0.4, -0.2) is 22.0 Å². The second-order valence-electron chi connectivity index (χ2n) is 5.91. The van der Waals surface area contributed by atoms with Crippen LogP contribution in [0.3, 0.4) is 0 Å². The summed E-state index contributed by atoms with van der Waals surface area (Å²) in [5.41, 5.74) is 2.07. The highest BCUT2D eigenvalue weighted by molar-refractivity contribution is 5.87. The average molecular weight is 386 g/mol. The molecule has 0 amide bonds. The van der Waals surface area contributed by atoms with Gasteiger partial charge in [0.15, 0.2) is 0 Å². The minimum absolute atomic E-state index is 0.0265. The van der Waals surface area contributed by atoms with Crippen LogP contribution in [0.1, 0.15) is 16.8 Å². The van der Waals surface area contributed by atoms with Crippen LogP contribution in [0.25, 0.3) is 11.7 Å². The van der Waals surface area contributed by atoms with Crippen LogP contribution in [0.4, 0.5) is 8.78 Å². The molecule has 0 spiro atoms. The molecule has 0 unspecified atom stereocenters. The summed E-state index contributed by atoms with van der Waals surface area (Å²) in [7, 11) is 0. The summed E-state index contributed by atoms with van der Waals surface area (Å²) in [6.07, 6.45) is 4.35. The van der Waals surface area contributed by atoms with E-state index in [4.69, 9.17) is 4.74 Å². The fourth-order valence-corrected chi connectivity index (χ4v) is 2.45. The number of nitrogens with zero attached hydrogens (tertiary/aromatic N) is 2. The van der Waals surface area contributed by atoms with Crippen molar-refractivity contribution < 1.29 is 23.0 Å². The number of rotatable bonds is 6. The zero-order chi connectivity index (χ0) is 20.1. The topological polar surface area (TPSA) is 69.9 Å². The van der Waals surface area contributed by atoms with Crippen molar-refractivity contribution in [3.8, 4) is 5.75 Å². The summed E-state index contributed by atoms with van der Waals surface area (Å²) < 4.78 is 35.0. The molecule has 1 aromatic carbocycles. The van der Waals surface area contributed by atoms with Crippen molar-refractivity contribution in [1.82, 2.24) is 9.38 Å². The molecule has 0 saturated heterocycles. The molecule has 0 saturated carbocycles. The van der Waals surface area contributed by atoms with Gasteiger partial charge in [-0.1, -0.05) is 18.2 Å². The molecule has 0 aliphatic rings. The van der Waals surface area contributed by atoms with Gasteiger partial charge in [-0.05, 0) is 42.3 Å². The maximum Gasteiger partial charge on any atom is 0.387 e. The molecule has 0 aliphatic heterocycles. The molecule has 3 rings (SSSR count). The third kappa shape index (κ3) is 5.00. The smallest absolute Gasteiger partial charge is 0.387 e. The zero-order valence-electron chi connectivity index (χ0n) is 14.8. The van der Waals surface area contributed by atoms with Gasteiger partial charge in [0, 0.05) is 18.3 Å². The molecule has 2 heterocycles. The SMILES string of the molecule is Cc1ccc2nc(COC(=O)/C=C/c3ccc(OC(F)F)cc3)cc(=O)n2c1. The number of esters is 1. The predicted octanol–water partition coefficient (Wildman–Crippen LogP) is 3.36. The second kappa shape index (κ2) is 8.43. The third-order valence-electron chi connectivity index (χ3n) is 3.74. The minimum Gasteiger partial charge on any atom is -0.456 e. The maximum atomic E-state index is 12.1. The molecule has 0 bridgehead atoms. The van der Waals surface area contributed by atoms with E-state index in [1.165, 1.54) is 46.9 Å². The van der Waals surface area contributed by atoms with Crippen LogP contribution in [0.5, 0.6) is 5.75 Å². The Morgan fingerprint density at radius 1 is 1.21 bits per heavy atom. The van der Waals surface area contributed by atoms with Gasteiger partial charge in [-0.25, -0.2) is 9.78 Å². The number of aryl methyl sites for hydroxylation is 1. The average Bonchev–Trinajstić information content (AvgIpc) is 2.66. The first-order chi connectivity index (χ1) is 13.4. The quantitative estimate of drug-likeness (QED) is 0.480. The summed E-state index contributed by atoms with van der Waals surface area (Å²) in [5, 5.41) is 0. The Balaban J connectivity index is 1.61. The summed E-state index contributed by atoms with van der Waals surface area (Å²) in [5.74, 6) is -0.600. The first-order valence-electron chi connectivity index (χ1n) is 8.29. The van der Waals surface area contributed by atoms with E-state index in [1.54, 1.807) is 12.3 Å². The van der Waals surface area contributed by atoms with Crippen LogP contribution in [0, 0.1) is 6.92 Å². The molecule has 0 radical (unpaired) electrons. The first kappa shape index (κ1) is 19.2. The Kier molecular flexibility index (Phi) is 5.78. The highest BCUT2D eigenvalue weighted by atomic mass is 19.3. The Bertz CT molecular complexity index is 1080. The van der Waals surface area contributed by atoms with Crippen LogP contribution in [0.15, 0.2) is 59.5 Å². The molecule has 0 atom stereocenters. The normalized spacial score (nSPS) is 11.3. The summed E-state index contributed by atoms with van der Waals surface area (Å²) in [6.45, 7) is -1.17. The van der Waals surface area contributed by atoms with Crippen molar-refractivity contribution >= 4 is 17.7 Å². The van der Waals surface area contributed by atoms with Gasteiger partial charge >= 0.3 is 12.6 Å². The van der Waals surface area contributed by atoms with Crippen LogP contribution >= 0.6 is 0 Å². The van der Waals surface area contributed by atoms with E-state index < -0.39 is 12.6 Å². The molecule has 144 valence electrons. The van der Waals surface area contributed by atoms with Crippen molar-refractivity contribution in [3.63, 3.8) is 0 Å². The van der Waals surface area contributed by atoms with Crippen LogP contribution < -0.4 is 10.3 Å². The molecule has 0 N–H and O–H groups in total. The monoisotopic (exact) mass is 386 g/mol. The number of hydrogen-bond donors (Lipinski definition) is 0. The molecule has 3 aromatic rings. The number of carbonyl (C=O) groups excluding carboxylic acids is 1. The van der Waals surface area contributed by atoms with Gasteiger partial charge in [-0.2, -0.15) is 8.78 Å². The number of aromatic nitrogens is 2.